The molecule has 0 saturated heterocycles. The molecule has 0 radical (unpaired) electrons. The third kappa shape index (κ3) is 2.74. The summed E-state index contributed by atoms with van der Waals surface area (Å²) in [7, 11) is 1.96. The summed E-state index contributed by atoms with van der Waals surface area (Å²) in [6.45, 7) is 5.04. The molecule has 0 atom stereocenters. The smallest absolute Gasteiger partial charge is 0.0438 e. The summed E-state index contributed by atoms with van der Waals surface area (Å²) in [5, 5.41) is 3.99. The maximum atomic E-state index is 6.13. The molecule has 2 rings (SSSR count). The van der Waals surface area contributed by atoms with Gasteiger partial charge in [0.2, 0.25) is 0 Å². The lowest BCUT2D eigenvalue weighted by Crippen LogP contribution is -2.04. The van der Waals surface area contributed by atoms with Gasteiger partial charge in [0.1, 0.15) is 0 Å². The van der Waals surface area contributed by atoms with Crippen LogP contribution in [0.25, 0.3) is 11.1 Å². The first kappa shape index (κ1) is 13.1. The first-order valence-electron chi connectivity index (χ1n) is 6.12. The molecule has 1 N–H and O–H groups in total. The number of hydrogen-bond donors (Lipinski definition) is 1. The molecule has 1 nitrogen and oxygen atoms in total. The summed E-state index contributed by atoms with van der Waals surface area (Å²) < 4.78 is 0. The van der Waals surface area contributed by atoms with Crippen LogP contribution in [0, 0.1) is 13.8 Å². The normalized spacial score (nSPS) is 10.7. The maximum Gasteiger partial charge on any atom is 0.0438 e. The van der Waals surface area contributed by atoms with E-state index in [2.05, 4.69) is 42.6 Å². The van der Waals surface area contributed by atoms with Gasteiger partial charge in [0.25, 0.3) is 0 Å². The fraction of sp³-hybridized carbons (Fsp3) is 0.250. The zero-order chi connectivity index (χ0) is 13.1. The third-order valence-corrected chi connectivity index (χ3v) is 3.56. The van der Waals surface area contributed by atoms with E-state index in [0.717, 1.165) is 17.1 Å². The van der Waals surface area contributed by atoms with Crippen molar-refractivity contribution in [1.82, 2.24) is 5.32 Å². The molecule has 94 valence electrons. The molecule has 18 heavy (non-hydrogen) atoms. The van der Waals surface area contributed by atoms with Gasteiger partial charge < -0.3 is 5.32 Å². The fourth-order valence-corrected chi connectivity index (χ4v) is 2.32. The Morgan fingerprint density at radius 1 is 1.00 bits per heavy atom. The number of halogens is 1. The molecule has 0 heterocycles. The number of nitrogens with one attached hydrogen (secondary N) is 1. The molecule has 0 aliphatic rings. The molecule has 0 bridgehead atoms. The van der Waals surface area contributed by atoms with E-state index in [0.29, 0.717) is 0 Å². The van der Waals surface area contributed by atoms with Crippen LogP contribution in [-0.2, 0) is 6.54 Å². The summed E-state index contributed by atoms with van der Waals surface area (Å²) in [4.78, 5) is 0. The summed E-state index contributed by atoms with van der Waals surface area (Å²) in [6, 6.07) is 12.9. The summed E-state index contributed by atoms with van der Waals surface area (Å²) in [5.41, 5.74) is 6.13. The van der Waals surface area contributed by atoms with Crippen LogP contribution in [0.5, 0.6) is 0 Å². The molecule has 0 aliphatic heterocycles. The van der Waals surface area contributed by atoms with Gasteiger partial charge in [-0.2, -0.15) is 0 Å². The van der Waals surface area contributed by atoms with E-state index < -0.39 is 0 Å². The Labute approximate surface area is 114 Å². The van der Waals surface area contributed by atoms with Crippen LogP contribution in [0.4, 0.5) is 0 Å². The van der Waals surface area contributed by atoms with Crippen LogP contribution >= 0.6 is 11.6 Å². The van der Waals surface area contributed by atoms with Crippen LogP contribution in [-0.4, -0.2) is 7.05 Å². The Hall–Kier alpha value is -1.31. The molecule has 0 unspecified atom stereocenters. The minimum atomic E-state index is 0.836. The molecule has 2 heteroatoms. The monoisotopic (exact) mass is 259 g/mol. The van der Waals surface area contributed by atoms with Crippen molar-refractivity contribution in [3.8, 4) is 11.1 Å². The molecule has 2 aromatic carbocycles. The quantitative estimate of drug-likeness (QED) is 0.865. The molecule has 0 amide bonds. The van der Waals surface area contributed by atoms with Gasteiger partial charge >= 0.3 is 0 Å². The first-order chi connectivity index (χ1) is 8.61. The van der Waals surface area contributed by atoms with Crippen molar-refractivity contribution in [2.75, 3.05) is 7.05 Å². The zero-order valence-electron chi connectivity index (χ0n) is 11.0. The van der Waals surface area contributed by atoms with Crippen LogP contribution in [0.3, 0.4) is 0 Å². The highest BCUT2D eigenvalue weighted by Gasteiger charge is 2.05. The molecule has 0 aliphatic carbocycles. The summed E-state index contributed by atoms with van der Waals surface area (Å²) >= 11 is 6.13. The van der Waals surface area contributed by atoms with Crippen LogP contribution in [0.1, 0.15) is 16.7 Å². The van der Waals surface area contributed by atoms with E-state index in [4.69, 9.17) is 11.6 Å². The predicted molar refractivity (Wildman–Crippen MR) is 79.1 cm³/mol. The molecule has 0 aromatic heterocycles. The first-order valence-corrected chi connectivity index (χ1v) is 6.50. The van der Waals surface area contributed by atoms with Crippen molar-refractivity contribution in [3.05, 3.63) is 58.1 Å². The minimum Gasteiger partial charge on any atom is -0.316 e. The molecule has 0 saturated carbocycles. The predicted octanol–water partition coefficient (Wildman–Crippen LogP) is 4.34. The van der Waals surface area contributed by atoms with Gasteiger partial charge in [-0.1, -0.05) is 35.9 Å². The van der Waals surface area contributed by atoms with E-state index >= 15 is 0 Å². The average molecular weight is 260 g/mol. The van der Waals surface area contributed by atoms with Crippen molar-refractivity contribution in [2.24, 2.45) is 0 Å². The maximum absolute atomic E-state index is 6.13. The number of rotatable bonds is 3. The molecule has 2 aromatic rings. The van der Waals surface area contributed by atoms with Crippen LogP contribution in [0.2, 0.25) is 5.02 Å². The minimum absolute atomic E-state index is 0.836. The second-order valence-corrected chi connectivity index (χ2v) is 5.05. The standard InChI is InChI=1S/C16H18ClN/c1-11-9-16(17)12(2)8-15(11)14-6-4-13(5-7-14)10-18-3/h4-9,18H,10H2,1-3H3. The SMILES string of the molecule is CNCc1ccc(-c2cc(C)c(Cl)cc2C)cc1. The lowest BCUT2D eigenvalue weighted by Gasteiger charge is -2.10. The van der Waals surface area contributed by atoms with Gasteiger partial charge in [0, 0.05) is 11.6 Å². The van der Waals surface area contributed by atoms with Crippen molar-refractivity contribution < 1.29 is 0 Å². The van der Waals surface area contributed by atoms with Gasteiger partial charge in [0.05, 0.1) is 0 Å². The lowest BCUT2D eigenvalue weighted by atomic mass is 9.97. The average Bonchev–Trinajstić information content (AvgIpc) is 2.35. The largest absolute Gasteiger partial charge is 0.316 e. The van der Waals surface area contributed by atoms with E-state index in [1.54, 1.807) is 0 Å². The highest BCUT2D eigenvalue weighted by atomic mass is 35.5. The Morgan fingerprint density at radius 2 is 1.67 bits per heavy atom. The third-order valence-electron chi connectivity index (χ3n) is 3.15. The van der Waals surface area contributed by atoms with E-state index in [9.17, 15) is 0 Å². The van der Waals surface area contributed by atoms with Gasteiger partial charge in [-0.25, -0.2) is 0 Å². The van der Waals surface area contributed by atoms with Gasteiger partial charge in [-0.05, 0) is 60.8 Å². The van der Waals surface area contributed by atoms with Gasteiger partial charge in [-0.15, -0.1) is 0 Å². The fourth-order valence-electron chi connectivity index (χ4n) is 2.10. The molecular formula is C16H18ClN. The Bertz CT molecular complexity index is 544. The zero-order valence-corrected chi connectivity index (χ0v) is 11.8. The highest BCUT2D eigenvalue weighted by molar-refractivity contribution is 6.31. The second kappa shape index (κ2) is 5.55. The van der Waals surface area contributed by atoms with Crippen molar-refractivity contribution in [2.45, 2.75) is 20.4 Å². The number of hydrogen-bond acceptors (Lipinski definition) is 1. The number of aryl methyl sites for hydroxylation is 2. The number of benzene rings is 2. The van der Waals surface area contributed by atoms with E-state index in [-0.39, 0.29) is 0 Å². The Balaban J connectivity index is 2.39. The molecule has 0 spiro atoms. The summed E-state index contributed by atoms with van der Waals surface area (Å²) in [5.74, 6) is 0. The molecular weight excluding hydrogens is 242 g/mol. The van der Waals surface area contributed by atoms with Crippen molar-refractivity contribution >= 4 is 11.6 Å². The van der Waals surface area contributed by atoms with Gasteiger partial charge in [0.15, 0.2) is 0 Å². The summed E-state index contributed by atoms with van der Waals surface area (Å²) in [6.07, 6.45) is 0. The highest BCUT2D eigenvalue weighted by Crippen LogP contribution is 2.28. The van der Waals surface area contributed by atoms with Crippen LogP contribution < -0.4 is 5.32 Å². The van der Waals surface area contributed by atoms with E-state index in [1.807, 2.05) is 20.0 Å². The Morgan fingerprint density at radius 3 is 2.28 bits per heavy atom. The van der Waals surface area contributed by atoms with Crippen molar-refractivity contribution in [3.63, 3.8) is 0 Å². The topological polar surface area (TPSA) is 12.0 Å². The van der Waals surface area contributed by atoms with Crippen LogP contribution in [0.15, 0.2) is 36.4 Å². The van der Waals surface area contributed by atoms with Crippen molar-refractivity contribution in [1.29, 1.82) is 0 Å². The van der Waals surface area contributed by atoms with Gasteiger partial charge in [-0.3, -0.25) is 0 Å². The Kier molecular flexibility index (Phi) is 4.05. The molecule has 0 fully saturated rings. The lowest BCUT2D eigenvalue weighted by molar-refractivity contribution is 0.818. The second-order valence-electron chi connectivity index (χ2n) is 4.64. The van der Waals surface area contributed by atoms with E-state index in [1.165, 1.54) is 22.3 Å².